The molecule has 0 spiro atoms. The standard InChI is InChI=1S/C22H18ClN3O.C2H6/c1-3-9-17(19-14(2)27-18-13-8-7-12-16(18)19)21-24-20(25-22(23)26-21)15-10-5-4-6-11-15;1-2/h4-13H,3H2,1-2H3;1-2H3/b17-9+;. The van der Waals surface area contributed by atoms with Crippen LogP contribution >= 0.6 is 11.6 Å². The molecule has 2 aromatic heterocycles. The van der Waals surface area contributed by atoms with E-state index in [1.807, 2.05) is 75.4 Å². The summed E-state index contributed by atoms with van der Waals surface area (Å²) in [6, 6.07) is 17.7. The number of halogens is 1. The van der Waals surface area contributed by atoms with Gasteiger partial charge in [-0.05, 0) is 31.0 Å². The van der Waals surface area contributed by atoms with E-state index in [1.54, 1.807) is 0 Å². The maximum atomic E-state index is 6.25. The van der Waals surface area contributed by atoms with Gasteiger partial charge in [-0.2, -0.15) is 9.97 Å². The minimum absolute atomic E-state index is 0.173. The number of benzene rings is 2. The number of hydrogen-bond acceptors (Lipinski definition) is 4. The fourth-order valence-corrected chi connectivity index (χ4v) is 3.36. The third kappa shape index (κ3) is 4.38. The van der Waals surface area contributed by atoms with E-state index in [0.717, 1.165) is 39.9 Å². The second-order valence-corrected chi connectivity index (χ2v) is 6.51. The van der Waals surface area contributed by atoms with Gasteiger partial charge in [0.25, 0.3) is 0 Å². The van der Waals surface area contributed by atoms with E-state index in [1.165, 1.54) is 0 Å². The van der Waals surface area contributed by atoms with Crippen LogP contribution in [0, 0.1) is 6.92 Å². The van der Waals surface area contributed by atoms with Gasteiger partial charge in [-0.15, -0.1) is 0 Å². The second-order valence-electron chi connectivity index (χ2n) is 6.17. The summed E-state index contributed by atoms with van der Waals surface area (Å²) in [5.74, 6) is 1.93. The number of aromatic nitrogens is 3. The van der Waals surface area contributed by atoms with Crippen molar-refractivity contribution < 1.29 is 4.42 Å². The number of fused-ring (bicyclic) bond motifs is 1. The Kier molecular flexibility index (Phi) is 6.78. The molecule has 4 rings (SSSR count). The summed E-state index contributed by atoms with van der Waals surface area (Å²) >= 11 is 6.25. The molecule has 4 nitrogen and oxygen atoms in total. The maximum Gasteiger partial charge on any atom is 0.226 e. The van der Waals surface area contributed by atoms with Gasteiger partial charge in [0.2, 0.25) is 5.28 Å². The summed E-state index contributed by atoms with van der Waals surface area (Å²) in [6.07, 6.45) is 2.93. The van der Waals surface area contributed by atoms with Gasteiger partial charge in [0.05, 0.1) is 0 Å². The lowest BCUT2D eigenvalue weighted by molar-refractivity contribution is 0.577. The van der Waals surface area contributed by atoms with Gasteiger partial charge >= 0.3 is 0 Å². The van der Waals surface area contributed by atoms with Crippen molar-refractivity contribution in [2.75, 3.05) is 0 Å². The number of hydrogen-bond donors (Lipinski definition) is 0. The highest BCUT2D eigenvalue weighted by Gasteiger charge is 2.19. The van der Waals surface area contributed by atoms with Crippen LogP contribution in [0.4, 0.5) is 0 Å². The normalized spacial score (nSPS) is 11.3. The van der Waals surface area contributed by atoms with Gasteiger partial charge in [-0.25, -0.2) is 4.98 Å². The Morgan fingerprint density at radius 2 is 1.66 bits per heavy atom. The molecule has 0 unspecified atom stereocenters. The smallest absolute Gasteiger partial charge is 0.226 e. The predicted molar refractivity (Wildman–Crippen MR) is 120 cm³/mol. The van der Waals surface area contributed by atoms with Crippen molar-refractivity contribution in [2.24, 2.45) is 0 Å². The minimum Gasteiger partial charge on any atom is -0.461 e. The Bertz CT molecular complexity index is 1130. The number of allylic oxidation sites excluding steroid dienone is 1. The summed E-state index contributed by atoms with van der Waals surface area (Å²) in [4.78, 5) is 13.4. The van der Waals surface area contributed by atoms with E-state index >= 15 is 0 Å². The van der Waals surface area contributed by atoms with Crippen LogP contribution in [0.5, 0.6) is 0 Å². The number of furan rings is 1. The molecule has 0 aliphatic rings. The van der Waals surface area contributed by atoms with Gasteiger partial charge in [-0.1, -0.05) is 75.4 Å². The van der Waals surface area contributed by atoms with E-state index in [-0.39, 0.29) is 5.28 Å². The van der Waals surface area contributed by atoms with E-state index in [4.69, 9.17) is 21.0 Å². The van der Waals surface area contributed by atoms with Crippen LogP contribution < -0.4 is 0 Å². The Balaban J connectivity index is 0.00000117. The molecule has 0 aliphatic carbocycles. The third-order valence-electron chi connectivity index (χ3n) is 4.33. The van der Waals surface area contributed by atoms with E-state index in [0.29, 0.717) is 11.6 Å². The number of aryl methyl sites for hydroxylation is 1. The van der Waals surface area contributed by atoms with Crippen LogP contribution in [0.1, 0.15) is 44.3 Å². The SMILES string of the molecule is CC.CC/C=C(/c1nc(Cl)nc(-c2ccccc2)n1)c1c(C)oc2ccccc12. The highest BCUT2D eigenvalue weighted by molar-refractivity contribution is 6.28. The molecule has 29 heavy (non-hydrogen) atoms. The van der Waals surface area contributed by atoms with Crippen LogP contribution in [0.25, 0.3) is 27.9 Å². The largest absolute Gasteiger partial charge is 0.461 e. The van der Waals surface area contributed by atoms with Gasteiger partial charge in [0.1, 0.15) is 11.3 Å². The zero-order valence-electron chi connectivity index (χ0n) is 17.1. The molecule has 148 valence electrons. The molecule has 5 heteroatoms. The van der Waals surface area contributed by atoms with Crippen LogP contribution in [0.3, 0.4) is 0 Å². The van der Waals surface area contributed by atoms with Crippen LogP contribution in [-0.2, 0) is 0 Å². The molecule has 0 saturated heterocycles. The molecule has 2 heterocycles. The molecule has 0 fully saturated rings. The third-order valence-corrected chi connectivity index (χ3v) is 4.50. The van der Waals surface area contributed by atoms with Crippen molar-refractivity contribution in [1.29, 1.82) is 0 Å². The molecular formula is C24H24ClN3O. The number of rotatable bonds is 4. The first-order chi connectivity index (χ1) is 14.2. The molecule has 2 aromatic carbocycles. The minimum atomic E-state index is 0.173. The summed E-state index contributed by atoms with van der Waals surface area (Å²) < 4.78 is 5.95. The lowest BCUT2D eigenvalue weighted by Gasteiger charge is -2.09. The fraction of sp³-hybridized carbons (Fsp3) is 0.208. The zero-order valence-corrected chi connectivity index (χ0v) is 17.9. The average molecular weight is 406 g/mol. The maximum absolute atomic E-state index is 6.25. The van der Waals surface area contributed by atoms with Crippen molar-refractivity contribution in [3.8, 4) is 11.4 Å². The van der Waals surface area contributed by atoms with Crippen LogP contribution in [0.2, 0.25) is 5.28 Å². The lowest BCUT2D eigenvalue weighted by Crippen LogP contribution is -2.02. The van der Waals surface area contributed by atoms with Crippen molar-refractivity contribution >= 4 is 28.1 Å². The topological polar surface area (TPSA) is 51.8 Å². The molecule has 0 atom stereocenters. The quantitative estimate of drug-likeness (QED) is 0.362. The zero-order chi connectivity index (χ0) is 20.8. The Morgan fingerprint density at radius 1 is 0.966 bits per heavy atom. The van der Waals surface area contributed by atoms with E-state index in [9.17, 15) is 0 Å². The molecule has 0 amide bonds. The molecular weight excluding hydrogens is 382 g/mol. The monoisotopic (exact) mass is 405 g/mol. The number of nitrogens with zero attached hydrogens (tertiary/aromatic N) is 3. The molecule has 0 N–H and O–H groups in total. The summed E-state index contributed by atoms with van der Waals surface area (Å²) in [5.41, 5.74) is 3.64. The first-order valence-electron chi connectivity index (χ1n) is 9.83. The molecule has 0 bridgehead atoms. The number of para-hydroxylation sites is 1. The van der Waals surface area contributed by atoms with Crippen molar-refractivity contribution in [3.05, 3.63) is 83.1 Å². The van der Waals surface area contributed by atoms with E-state index in [2.05, 4.69) is 23.0 Å². The first kappa shape index (κ1) is 20.7. The van der Waals surface area contributed by atoms with Crippen molar-refractivity contribution in [2.45, 2.75) is 34.1 Å². The highest BCUT2D eigenvalue weighted by Crippen LogP contribution is 2.34. The molecule has 0 aliphatic heterocycles. The van der Waals surface area contributed by atoms with Crippen molar-refractivity contribution in [1.82, 2.24) is 15.0 Å². The van der Waals surface area contributed by atoms with Gasteiger partial charge in [0.15, 0.2) is 11.6 Å². The van der Waals surface area contributed by atoms with Gasteiger partial charge in [0, 0.05) is 22.1 Å². The average Bonchev–Trinajstić information content (AvgIpc) is 3.09. The van der Waals surface area contributed by atoms with E-state index < -0.39 is 0 Å². The molecule has 0 radical (unpaired) electrons. The highest BCUT2D eigenvalue weighted by atomic mass is 35.5. The first-order valence-corrected chi connectivity index (χ1v) is 10.2. The Labute approximate surface area is 176 Å². The lowest BCUT2D eigenvalue weighted by atomic mass is 10.0. The fourth-order valence-electron chi connectivity index (χ4n) is 3.20. The predicted octanol–water partition coefficient (Wildman–Crippen LogP) is 7.11. The van der Waals surface area contributed by atoms with Gasteiger partial charge in [-0.3, -0.25) is 0 Å². The second kappa shape index (κ2) is 9.48. The van der Waals surface area contributed by atoms with Crippen LogP contribution in [-0.4, -0.2) is 15.0 Å². The summed E-state index contributed by atoms with van der Waals surface area (Å²) in [5, 5.41) is 1.21. The molecule has 0 saturated carbocycles. The molecule has 4 aromatic rings. The summed E-state index contributed by atoms with van der Waals surface area (Å²) in [6.45, 7) is 8.04. The Hall–Kier alpha value is -2.98. The van der Waals surface area contributed by atoms with Gasteiger partial charge < -0.3 is 4.42 Å². The van der Waals surface area contributed by atoms with Crippen LogP contribution in [0.15, 0.2) is 65.1 Å². The Morgan fingerprint density at radius 3 is 2.38 bits per heavy atom. The van der Waals surface area contributed by atoms with Crippen molar-refractivity contribution in [3.63, 3.8) is 0 Å². The summed E-state index contributed by atoms with van der Waals surface area (Å²) in [7, 11) is 0.